The molecule has 1 atom stereocenters. The summed E-state index contributed by atoms with van der Waals surface area (Å²) in [4.78, 5) is 20.2. The first-order chi connectivity index (χ1) is 18.0. The second-order valence-corrected chi connectivity index (χ2v) is 11.3. The number of aryl methyl sites for hydroxylation is 1. The fourth-order valence-electron chi connectivity index (χ4n) is 5.03. The SMILES string of the molecule is Cc1ccc2c(c1)c1nnc(SC(C)C(=O)N3CCc4ccccc4C3)nc1n2Cc1cccc(Cl)c1. The van der Waals surface area contributed by atoms with Crippen molar-refractivity contribution in [1.29, 1.82) is 0 Å². The third-order valence-corrected chi connectivity index (χ3v) is 8.08. The van der Waals surface area contributed by atoms with E-state index in [9.17, 15) is 4.79 Å². The number of fused-ring (bicyclic) bond motifs is 4. The summed E-state index contributed by atoms with van der Waals surface area (Å²) in [5, 5.41) is 10.9. The van der Waals surface area contributed by atoms with Crippen molar-refractivity contribution in [3.8, 4) is 0 Å². The van der Waals surface area contributed by atoms with Gasteiger partial charge in [0.1, 0.15) is 5.52 Å². The number of aromatic nitrogens is 4. The quantitative estimate of drug-likeness (QED) is 0.260. The lowest BCUT2D eigenvalue weighted by molar-refractivity contribution is -0.131. The molecule has 37 heavy (non-hydrogen) atoms. The predicted molar refractivity (Wildman–Crippen MR) is 149 cm³/mol. The van der Waals surface area contributed by atoms with E-state index in [2.05, 4.69) is 64.2 Å². The molecule has 3 aromatic carbocycles. The van der Waals surface area contributed by atoms with Crippen LogP contribution in [0.2, 0.25) is 5.02 Å². The van der Waals surface area contributed by atoms with Crippen LogP contribution in [0.25, 0.3) is 22.1 Å². The second kappa shape index (κ2) is 9.80. The van der Waals surface area contributed by atoms with Crippen LogP contribution in [0.1, 0.15) is 29.2 Å². The fraction of sp³-hybridized carbons (Fsp3) is 0.241. The Morgan fingerprint density at radius 3 is 2.73 bits per heavy atom. The number of hydrogen-bond acceptors (Lipinski definition) is 5. The van der Waals surface area contributed by atoms with Gasteiger partial charge in [0, 0.05) is 30.0 Å². The summed E-state index contributed by atoms with van der Waals surface area (Å²) < 4.78 is 2.16. The van der Waals surface area contributed by atoms with Crippen LogP contribution < -0.4 is 0 Å². The summed E-state index contributed by atoms with van der Waals surface area (Å²) in [5.74, 6) is 0.0956. The van der Waals surface area contributed by atoms with E-state index in [1.54, 1.807) is 0 Å². The van der Waals surface area contributed by atoms with Crippen molar-refractivity contribution >= 4 is 51.3 Å². The molecular formula is C29H26ClN5OS. The van der Waals surface area contributed by atoms with Crippen LogP contribution in [0.4, 0.5) is 0 Å². The number of nitrogens with zero attached hydrogens (tertiary/aromatic N) is 5. The Morgan fingerprint density at radius 2 is 1.89 bits per heavy atom. The molecule has 1 unspecified atom stereocenters. The van der Waals surface area contributed by atoms with Crippen molar-refractivity contribution in [2.24, 2.45) is 0 Å². The summed E-state index contributed by atoms with van der Waals surface area (Å²) in [6.07, 6.45) is 0.881. The van der Waals surface area contributed by atoms with Gasteiger partial charge in [-0.25, -0.2) is 4.98 Å². The molecule has 5 aromatic rings. The van der Waals surface area contributed by atoms with Crippen molar-refractivity contribution < 1.29 is 4.79 Å². The minimum absolute atomic E-state index is 0.0956. The normalized spacial score (nSPS) is 14.2. The van der Waals surface area contributed by atoms with Crippen LogP contribution in [-0.4, -0.2) is 42.4 Å². The molecule has 6 nitrogen and oxygen atoms in total. The molecule has 186 valence electrons. The molecule has 0 N–H and O–H groups in total. The number of halogens is 1. The van der Waals surface area contributed by atoms with Crippen LogP contribution in [0, 0.1) is 6.92 Å². The molecular weight excluding hydrogens is 502 g/mol. The van der Waals surface area contributed by atoms with E-state index in [1.807, 2.05) is 36.1 Å². The van der Waals surface area contributed by atoms with Crippen LogP contribution in [0.3, 0.4) is 0 Å². The largest absolute Gasteiger partial charge is 0.337 e. The average molecular weight is 528 g/mol. The monoisotopic (exact) mass is 527 g/mol. The second-order valence-electron chi connectivity index (χ2n) is 9.54. The van der Waals surface area contributed by atoms with Gasteiger partial charge in [-0.05, 0) is 61.2 Å². The lowest BCUT2D eigenvalue weighted by Gasteiger charge is -2.30. The lowest BCUT2D eigenvalue weighted by Crippen LogP contribution is -2.40. The molecule has 1 amide bonds. The van der Waals surface area contributed by atoms with Gasteiger partial charge in [0.25, 0.3) is 0 Å². The molecule has 0 radical (unpaired) electrons. The van der Waals surface area contributed by atoms with Gasteiger partial charge in [0.2, 0.25) is 11.1 Å². The summed E-state index contributed by atoms with van der Waals surface area (Å²) in [6.45, 7) is 5.97. The van der Waals surface area contributed by atoms with Crippen LogP contribution in [0.5, 0.6) is 0 Å². The zero-order chi connectivity index (χ0) is 25.5. The van der Waals surface area contributed by atoms with E-state index in [1.165, 1.54) is 22.9 Å². The maximum Gasteiger partial charge on any atom is 0.236 e. The number of carbonyl (C=O) groups excluding carboxylic acids is 1. The lowest BCUT2D eigenvalue weighted by atomic mass is 10.00. The topological polar surface area (TPSA) is 63.9 Å². The van der Waals surface area contributed by atoms with Crippen molar-refractivity contribution in [2.45, 2.75) is 43.8 Å². The van der Waals surface area contributed by atoms with Crippen molar-refractivity contribution in [3.05, 3.63) is 94.0 Å². The summed E-state index contributed by atoms with van der Waals surface area (Å²) in [7, 11) is 0. The van der Waals surface area contributed by atoms with Gasteiger partial charge >= 0.3 is 0 Å². The molecule has 0 saturated carbocycles. The standard InChI is InChI=1S/C29H26ClN5OS/c1-18-10-11-25-24(14-18)26-27(35(25)16-20-6-5-9-23(30)15-20)31-29(33-32-26)37-19(2)28(36)34-13-12-21-7-3-4-8-22(21)17-34/h3-11,14-15,19H,12-13,16-17H2,1-2H3. The van der Waals surface area contributed by atoms with E-state index in [0.29, 0.717) is 23.3 Å². The molecule has 0 bridgehead atoms. The van der Waals surface area contributed by atoms with Gasteiger partial charge in [-0.2, -0.15) is 0 Å². The van der Waals surface area contributed by atoms with Gasteiger partial charge in [-0.3, -0.25) is 4.79 Å². The highest BCUT2D eigenvalue weighted by atomic mass is 35.5. The van der Waals surface area contributed by atoms with E-state index in [4.69, 9.17) is 16.6 Å². The molecule has 8 heteroatoms. The van der Waals surface area contributed by atoms with Crippen molar-refractivity contribution in [2.75, 3.05) is 6.54 Å². The first-order valence-electron chi connectivity index (χ1n) is 12.4. The first-order valence-corrected chi connectivity index (χ1v) is 13.6. The fourth-order valence-corrected chi connectivity index (χ4v) is 6.04. The van der Waals surface area contributed by atoms with Gasteiger partial charge in [0.05, 0.1) is 10.8 Å². The molecule has 1 aliphatic rings. The number of amides is 1. The highest BCUT2D eigenvalue weighted by Gasteiger charge is 2.26. The van der Waals surface area contributed by atoms with Gasteiger partial charge < -0.3 is 9.47 Å². The predicted octanol–water partition coefficient (Wildman–Crippen LogP) is 6.06. The zero-order valence-electron chi connectivity index (χ0n) is 20.7. The molecule has 0 fully saturated rings. The van der Waals surface area contributed by atoms with E-state index in [0.717, 1.165) is 46.2 Å². The molecule has 1 aliphatic heterocycles. The van der Waals surface area contributed by atoms with Gasteiger partial charge in [-0.15, -0.1) is 10.2 Å². The van der Waals surface area contributed by atoms with Crippen LogP contribution in [-0.2, 0) is 24.3 Å². The van der Waals surface area contributed by atoms with Gasteiger partial charge in [-0.1, -0.05) is 71.4 Å². The minimum atomic E-state index is -0.322. The van der Waals surface area contributed by atoms with E-state index in [-0.39, 0.29) is 11.2 Å². The molecule has 3 heterocycles. The molecule has 0 saturated heterocycles. The summed E-state index contributed by atoms with van der Waals surface area (Å²) in [5.41, 5.74) is 7.33. The number of benzene rings is 3. The van der Waals surface area contributed by atoms with E-state index < -0.39 is 0 Å². The Labute approximate surface area is 224 Å². The van der Waals surface area contributed by atoms with E-state index >= 15 is 0 Å². The Bertz CT molecular complexity index is 1650. The Morgan fingerprint density at radius 1 is 1.05 bits per heavy atom. The average Bonchev–Trinajstić information content (AvgIpc) is 3.19. The Kier molecular flexibility index (Phi) is 6.34. The Hall–Kier alpha value is -3.42. The molecule has 0 aliphatic carbocycles. The number of hydrogen-bond donors (Lipinski definition) is 0. The number of rotatable bonds is 5. The minimum Gasteiger partial charge on any atom is -0.337 e. The maximum absolute atomic E-state index is 13.3. The van der Waals surface area contributed by atoms with Crippen molar-refractivity contribution in [3.63, 3.8) is 0 Å². The van der Waals surface area contributed by atoms with Crippen LogP contribution in [0.15, 0.2) is 71.9 Å². The third kappa shape index (κ3) is 4.69. The molecule has 0 spiro atoms. The highest BCUT2D eigenvalue weighted by Crippen LogP contribution is 2.31. The third-order valence-electron chi connectivity index (χ3n) is 6.90. The summed E-state index contributed by atoms with van der Waals surface area (Å²) >= 11 is 7.62. The highest BCUT2D eigenvalue weighted by molar-refractivity contribution is 8.00. The molecule has 6 rings (SSSR count). The maximum atomic E-state index is 13.3. The number of thioether (sulfide) groups is 1. The number of carbonyl (C=O) groups is 1. The van der Waals surface area contributed by atoms with Crippen LogP contribution >= 0.6 is 23.4 Å². The zero-order valence-corrected chi connectivity index (χ0v) is 22.3. The van der Waals surface area contributed by atoms with Crippen molar-refractivity contribution in [1.82, 2.24) is 24.6 Å². The smallest absolute Gasteiger partial charge is 0.236 e. The first kappa shape index (κ1) is 23.9. The summed E-state index contributed by atoms with van der Waals surface area (Å²) in [6, 6.07) is 22.5. The van der Waals surface area contributed by atoms with Gasteiger partial charge in [0.15, 0.2) is 5.65 Å². The molecule has 2 aromatic heterocycles. The Balaban J connectivity index is 1.31.